The number of nitrogens with zero attached hydrogens (tertiary/aromatic N) is 2. The quantitative estimate of drug-likeness (QED) is 0.175. The maximum absolute atomic E-state index is 11.9. The molecule has 198 valence electrons. The van der Waals surface area contributed by atoms with Crippen molar-refractivity contribution < 1.29 is 49.4 Å². The predicted octanol–water partition coefficient (Wildman–Crippen LogP) is 4.01. The SMILES string of the molecule is CO.CO.[O-]c1ccccc1N=Cc1ccccc1OCCOc1ccccc1C=Nc1ccccc1[O-].[Zn+2]. The second-order valence-electron chi connectivity index (χ2n) is 7.22. The fourth-order valence-corrected chi connectivity index (χ4v) is 3.15. The van der Waals surface area contributed by atoms with Gasteiger partial charge in [0.25, 0.3) is 0 Å². The molecule has 0 atom stereocenters. The first-order chi connectivity index (χ1) is 18.7. The van der Waals surface area contributed by atoms with Crippen molar-refractivity contribution in [1.82, 2.24) is 0 Å². The molecule has 0 aliphatic heterocycles. The number of para-hydroxylation sites is 6. The molecule has 39 heavy (non-hydrogen) atoms. The molecule has 0 fully saturated rings. The molecule has 0 aliphatic carbocycles. The average Bonchev–Trinajstić information content (AvgIpc) is 2.97. The van der Waals surface area contributed by atoms with Gasteiger partial charge in [-0.05, 0) is 36.4 Å². The Balaban J connectivity index is 0.00000145. The van der Waals surface area contributed by atoms with Gasteiger partial charge in [0.05, 0.1) is 11.4 Å². The third-order valence-electron chi connectivity index (χ3n) is 4.85. The first kappa shape index (κ1) is 33.0. The van der Waals surface area contributed by atoms with E-state index in [9.17, 15) is 10.2 Å². The van der Waals surface area contributed by atoms with Gasteiger partial charge in [-0.25, -0.2) is 0 Å². The van der Waals surface area contributed by atoms with E-state index >= 15 is 0 Å². The Kier molecular flexibility index (Phi) is 16.2. The molecule has 8 nitrogen and oxygen atoms in total. The van der Waals surface area contributed by atoms with Crippen LogP contribution < -0.4 is 19.7 Å². The third-order valence-corrected chi connectivity index (χ3v) is 4.85. The zero-order valence-corrected chi connectivity index (χ0v) is 24.9. The summed E-state index contributed by atoms with van der Waals surface area (Å²) in [7, 11) is 2.00. The summed E-state index contributed by atoms with van der Waals surface area (Å²) in [5.74, 6) is 1.01. The Morgan fingerprint density at radius 1 is 0.564 bits per heavy atom. The van der Waals surface area contributed by atoms with E-state index in [-0.39, 0.29) is 31.0 Å². The van der Waals surface area contributed by atoms with Gasteiger partial charge in [0.2, 0.25) is 0 Å². The van der Waals surface area contributed by atoms with Crippen molar-refractivity contribution in [3.63, 3.8) is 0 Å². The van der Waals surface area contributed by atoms with Gasteiger partial charge in [-0.3, -0.25) is 9.98 Å². The van der Waals surface area contributed by atoms with Crippen molar-refractivity contribution in [3.05, 3.63) is 108 Å². The monoisotopic (exact) mass is 578 g/mol. The standard InChI is InChI=1S/C28H24N2O4.2CH4O.Zn/c31-25-13-5-3-11-23(25)29-19-21-9-1-7-15-27(21)33-17-18-34-28-16-8-2-10-22(28)20-30-24-12-4-6-14-26(24)32;2*1-2;/h1-16,19-20,31-32H,17-18H2;2*2H,1H3;/q;;;+2/p-2. The van der Waals surface area contributed by atoms with Crippen LogP contribution in [0.2, 0.25) is 0 Å². The van der Waals surface area contributed by atoms with Crippen LogP contribution in [0.25, 0.3) is 0 Å². The zero-order valence-electron chi connectivity index (χ0n) is 21.9. The van der Waals surface area contributed by atoms with Gasteiger partial charge in [-0.1, -0.05) is 72.2 Å². The number of ether oxygens (including phenoxy) is 2. The van der Waals surface area contributed by atoms with E-state index in [1.807, 2.05) is 48.5 Å². The number of hydrogen-bond donors (Lipinski definition) is 2. The molecule has 0 spiro atoms. The molecule has 0 aliphatic rings. The van der Waals surface area contributed by atoms with Gasteiger partial charge in [-0.15, -0.1) is 0 Å². The topological polar surface area (TPSA) is 130 Å². The van der Waals surface area contributed by atoms with Gasteiger partial charge < -0.3 is 29.9 Å². The van der Waals surface area contributed by atoms with Crippen LogP contribution in [0.5, 0.6) is 23.0 Å². The molecule has 2 N–H and O–H groups in total. The first-order valence-electron chi connectivity index (χ1n) is 11.6. The van der Waals surface area contributed by atoms with Crippen LogP contribution in [0.4, 0.5) is 11.4 Å². The molecular formula is C30H30N2O6Zn. The summed E-state index contributed by atoms with van der Waals surface area (Å²) < 4.78 is 11.8. The Labute approximate surface area is 241 Å². The summed E-state index contributed by atoms with van der Waals surface area (Å²) in [6, 6.07) is 28.1. The number of aliphatic hydroxyl groups excluding tert-OH is 2. The van der Waals surface area contributed by atoms with E-state index in [2.05, 4.69) is 9.98 Å². The first-order valence-corrected chi connectivity index (χ1v) is 11.6. The predicted molar refractivity (Wildman–Crippen MR) is 146 cm³/mol. The van der Waals surface area contributed by atoms with Crippen LogP contribution in [0.15, 0.2) is 107 Å². The van der Waals surface area contributed by atoms with Gasteiger partial charge in [-0.2, -0.15) is 0 Å². The molecule has 4 aromatic carbocycles. The molecule has 0 aromatic heterocycles. The molecule has 0 unspecified atom stereocenters. The fraction of sp³-hybridized carbons (Fsp3) is 0.133. The number of rotatable bonds is 9. The van der Waals surface area contributed by atoms with E-state index in [0.717, 1.165) is 25.3 Å². The number of aliphatic hydroxyl groups is 2. The summed E-state index contributed by atoms with van der Waals surface area (Å²) in [4.78, 5) is 8.58. The van der Waals surface area contributed by atoms with Crippen LogP contribution in [-0.4, -0.2) is 50.1 Å². The average molecular weight is 580 g/mol. The van der Waals surface area contributed by atoms with Crippen LogP contribution in [0, 0.1) is 0 Å². The van der Waals surface area contributed by atoms with Crippen molar-refractivity contribution in [1.29, 1.82) is 0 Å². The van der Waals surface area contributed by atoms with Gasteiger partial charge in [0.1, 0.15) is 24.7 Å². The second-order valence-corrected chi connectivity index (χ2v) is 7.22. The molecule has 4 aromatic rings. The minimum Gasteiger partial charge on any atom is -0.871 e. The Morgan fingerprint density at radius 3 is 1.28 bits per heavy atom. The molecule has 4 rings (SSSR count). The van der Waals surface area contributed by atoms with E-state index < -0.39 is 0 Å². The van der Waals surface area contributed by atoms with E-state index in [0.29, 0.717) is 36.1 Å². The van der Waals surface area contributed by atoms with Gasteiger partial charge in [0.15, 0.2) is 0 Å². The molecule has 0 bridgehead atoms. The largest absolute Gasteiger partial charge is 2.00 e. The van der Waals surface area contributed by atoms with Gasteiger partial charge in [0, 0.05) is 37.8 Å². The van der Waals surface area contributed by atoms with Crippen molar-refractivity contribution in [2.45, 2.75) is 0 Å². The minimum absolute atomic E-state index is 0. The van der Waals surface area contributed by atoms with Crippen LogP contribution in [0.1, 0.15) is 11.1 Å². The maximum atomic E-state index is 11.9. The Morgan fingerprint density at radius 2 is 0.897 bits per heavy atom. The summed E-state index contributed by atoms with van der Waals surface area (Å²) in [5.41, 5.74) is 2.26. The second kappa shape index (κ2) is 19.1. The van der Waals surface area contributed by atoms with E-state index in [1.54, 1.807) is 48.8 Å². The molecule has 0 amide bonds. The maximum Gasteiger partial charge on any atom is 2.00 e. The Bertz CT molecular complexity index is 1210. The van der Waals surface area contributed by atoms with E-state index in [1.165, 1.54) is 12.1 Å². The number of benzene rings is 4. The van der Waals surface area contributed by atoms with Crippen LogP contribution in [-0.2, 0) is 19.5 Å². The number of hydrogen-bond acceptors (Lipinski definition) is 8. The summed E-state index contributed by atoms with van der Waals surface area (Å²) in [5, 5.41) is 37.7. The molecule has 0 heterocycles. The molecular weight excluding hydrogens is 550 g/mol. The molecule has 0 radical (unpaired) electrons. The minimum atomic E-state index is -0.133. The van der Waals surface area contributed by atoms with Crippen LogP contribution >= 0.6 is 0 Å². The molecule has 0 saturated heterocycles. The van der Waals surface area contributed by atoms with Crippen LogP contribution in [0.3, 0.4) is 0 Å². The molecule has 0 saturated carbocycles. The Hall–Kier alpha value is -4.04. The van der Waals surface area contributed by atoms with Crippen molar-refractivity contribution >= 4 is 23.8 Å². The third kappa shape index (κ3) is 10.7. The van der Waals surface area contributed by atoms with Crippen molar-refractivity contribution in [2.75, 3.05) is 27.4 Å². The summed E-state index contributed by atoms with van der Waals surface area (Å²) >= 11 is 0. The zero-order chi connectivity index (χ0) is 27.6. The normalized spacial score (nSPS) is 10.1. The summed E-state index contributed by atoms with van der Waals surface area (Å²) in [6.45, 7) is 0.607. The molecule has 9 heteroatoms. The van der Waals surface area contributed by atoms with E-state index in [4.69, 9.17) is 19.7 Å². The van der Waals surface area contributed by atoms with Gasteiger partial charge >= 0.3 is 19.5 Å². The smallest absolute Gasteiger partial charge is 0.871 e. The number of aliphatic imine (C=N–C) groups is 2. The van der Waals surface area contributed by atoms with Crippen molar-refractivity contribution in [2.24, 2.45) is 9.98 Å². The summed E-state index contributed by atoms with van der Waals surface area (Å²) in [6.07, 6.45) is 3.24. The fourth-order valence-electron chi connectivity index (χ4n) is 3.15. The van der Waals surface area contributed by atoms with Crippen molar-refractivity contribution in [3.8, 4) is 23.0 Å².